The maximum atomic E-state index is 13.4. The van der Waals surface area contributed by atoms with Gasteiger partial charge in [-0.15, -0.1) is 11.3 Å². The standard InChI is InChI=1S/C18H20F4N2OS/c1-6-24-10(2)14(17(3,4)5)26-16(24)23-15(25)12-9-11(19)7-8-13(12)18(20,21)22/h7-9H,6H2,1-5H3/b23-16-. The number of carbonyl (C=O) groups excluding carboxylic acids is 1. The first-order valence-electron chi connectivity index (χ1n) is 8.02. The molecule has 0 atom stereocenters. The van der Waals surface area contributed by atoms with E-state index in [0.29, 0.717) is 29.5 Å². The van der Waals surface area contributed by atoms with Gasteiger partial charge in [0.05, 0.1) is 11.1 Å². The largest absolute Gasteiger partial charge is 0.417 e. The summed E-state index contributed by atoms with van der Waals surface area (Å²) in [5, 5.41) is 0. The van der Waals surface area contributed by atoms with Crippen LogP contribution in [0.15, 0.2) is 23.2 Å². The van der Waals surface area contributed by atoms with E-state index in [1.54, 1.807) is 4.57 Å². The molecule has 26 heavy (non-hydrogen) atoms. The number of thiazole rings is 1. The first-order valence-corrected chi connectivity index (χ1v) is 8.84. The molecule has 8 heteroatoms. The molecule has 2 rings (SSSR count). The Balaban J connectivity index is 2.66. The Kier molecular flexibility index (Phi) is 5.46. The van der Waals surface area contributed by atoms with E-state index in [1.807, 2.05) is 34.6 Å². The van der Waals surface area contributed by atoms with Gasteiger partial charge >= 0.3 is 6.18 Å². The first kappa shape index (κ1) is 20.4. The number of amides is 1. The molecular formula is C18H20F4N2OS. The summed E-state index contributed by atoms with van der Waals surface area (Å²) in [5.41, 5.74) is -1.27. The summed E-state index contributed by atoms with van der Waals surface area (Å²) in [7, 11) is 0. The predicted octanol–water partition coefficient (Wildman–Crippen LogP) is 5.07. The van der Waals surface area contributed by atoms with Gasteiger partial charge in [0, 0.05) is 17.1 Å². The molecule has 1 aromatic carbocycles. The third-order valence-corrected chi connectivity index (χ3v) is 5.48. The second kappa shape index (κ2) is 6.98. The number of alkyl halides is 3. The van der Waals surface area contributed by atoms with Crippen molar-refractivity contribution < 1.29 is 22.4 Å². The summed E-state index contributed by atoms with van der Waals surface area (Å²) in [4.78, 5) is 17.6. The van der Waals surface area contributed by atoms with Crippen molar-refractivity contribution in [1.29, 1.82) is 0 Å². The fraction of sp³-hybridized carbons (Fsp3) is 0.444. The second-order valence-corrected chi connectivity index (χ2v) is 7.88. The van der Waals surface area contributed by atoms with E-state index in [1.165, 1.54) is 11.3 Å². The lowest BCUT2D eigenvalue weighted by atomic mass is 9.93. The number of aromatic nitrogens is 1. The minimum Gasteiger partial charge on any atom is -0.321 e. The third-order valence-electron chi connectivity index (χ3n) is 3.87. The van der Waals surface area contributed by atoms with Crippen molar-refractivity contribution >= 4 is 17.2 Å². The molecule has 0 unspecified atom stereocenters. The van der Waals surface area contributed by atoms with Crippen LogP contribution in [0, 0.1) is 12.7 Å². The number of hydrogen-bond acceptors (Lipinski definition) is 2. The van der Waals surface area contributed by atoms with Crippen LogP contribution in [-0.2, 0) is 18.1 Å². The average Bonchev–Trinajstić information content (AvgIpc) is 2.81. The molecule has 1 amide bonds. The Hall–Kier alpha value is -1.96. The van der Waals surface area contributed by atoms with Crippen molar-refractivity contribution in [2.75, 3.05) is 0 Å². The molecule has 142 valence electrons. The molecule has 0 N–H and O–H groups in total. The fourth-order valence-electron chi connectivity index (χ4n) is 2.73. The minimum atomic E-state index is -4.77. The van der Waals surface area contributed by atoms with Crippen molar-refractivity contribution in [2.45, 2.75) is 52.8 Å². The highest BCUT2D eigenvalue weighted by Crippen LogP contribution is 2.33. The summed E-state index contributed by atoms with van der Waals surface area (Å²) in [6.07, 6.45) is -4.77. The van der Waals surface area contributed by atoms with E-state index in [4.69, 9.17) is 0 Å². The van der Waals surface area contributed by atoms with Gasteiger partial charge in [-0.25, -0.2) is 4.39 Å². The normalized spacial score (nSPS) is 13.3. The molecule has 0 spiro atoms. The predicted molar refractivity (Wildman–Crippen MR) is 92.7 cm³/mol. The molecule has 0 aliphatic rings. The Morgan fingerprint density at radius 2 is 1.85 bits per heavy atom. The molecule has 0 bridgehead atoms. The zero-order chi connectivity index (χ0) is 19.9. The summed E-state index contributed by atoms with van der Waals surface area (Å²) in [5.74, 6) is -2.03. The van der Waals surface area contributed by atoms with Gasteiger partial charge in [-0.2, -0.15) is 18.2 Å². The monoisotopic (exact) mass is 388 g/mol. The molecule has 0 saturated heterocycles. The maximum absolute atomic E-state index is 13.4. The van der Waals surface area contributed by atoms with E-state index in [0.717, 1.165) is 10.6 Å². The number of halogens is 4. The Morgan fingerprint density at radius 1 is 1.23 bits per heavy atom. The lowest BCUT2D eigenvalue weighted by Crippen LogP contribution is -2.19. The van der Waals surface area contributed by atoms with Crippen molar-refractivity contribution in [3.05, 3.63) is 50.5 Å². The molecule has 3 nitrogen and oxygen atoms in total. The SMILES string of the molecule is CCn1c(C)c(C(C)(C)C)s/c1=N\C(=O)c1cc(F)ccc1C(F)(F)F. The number of hydrogen-bond donors (Lipinski definition) is 0. The Bertz CT molecular complexity index is 901. The van der Waals surface area contributed by atoms with E-state index >= 15 is 0 Å². The molecule has 0 aliphatic heterocycles. The van der Waals surface area contributed by atoms with Gasteiger partial charge in [0.25, 0.3) is 5.91 Å². The molecule has 1 heterocycles. The lowest BCUT2D eigenvalue weighted by Gasteiger charge is -2.17. The third kappa shape index (κ3) is 4.06. The number of nitrogens with zero attached hydrogens (tertiary/aromatic N) is 2. The molecule has 0 aliphatic carbocycles. The van der Waals surface area contributed by atoms with Crippen LogP contribution in [0.2, 0.25) is 0 Å². The summed E-state index contributed by atoms with van der Waals surface area (Å²) in [6, 6.07) is 1.82. The van der Waals surface area contributed by atoms with Crippen LogP contribution in [0.1, 0.15) is 54.2 Å². The molecule has 0 fully saturated rings. The van der Waals surface area contributed by atoms with Crippen molar-refractivity contribution in [1.82, 2.24) is 4.57 Å². The van der Waals surface area contributed by atoms with Gasteiger partial charge in [0.15, 0.2) is 4.80 Å². The fourth-order valence-corrected chi connectivity index (χ4v) is 3.98. The molecule has 0 radical (unpaired) electrons. The highest BCUT2D eigenvalue weighted by Gasteiger charge is 2.35. The molecule has 2 aromatic rings. The number of benzene rings is 1. The second-order valence-electron chi connectivity index (χ2n) is 6.90. The quantitative estimate of drug-likeness (QED) is 0.661. The number of rotatable bonds is 2. The summed E-state index contributed by atoms with van der Waals surface area (Å²) >= 11 is 1.26. The van der Waals surface area contributed by atoms with Gasteiger partial charge in [0.1, 0.15) is 5.82 Å². The molecule has 1 aromatic heterocycles. The zero-order valence-electron chi connectivity index (χ0n) is 15.2. The first-order chi connectivity index (χ1) is 11.9. The van der Waals surface area contributed by atoms with Crippen molar-refractivity contribution in [3.8, 4) is 0 Å². The van der Waals surface area contributed by atoms with Crippen LogP contribution >= 0.6 is 11.3 Å². The minimum absolute atomic E-state index is 0.196. The summed E-state index contributed by atoms with van der Waals surface area (Å²) in [6.45, 7) is 10.3. The summed E-state index contributed by atoms with van der Waals surface area (Å²) < 4.78 is 54.6. The maximum Gasteiger partial charge on any atom is 0.417 e. The number of carbonyl (C=O) groups is 1. The molecule has 0 saturated carbocycles. The van der Waals surface area contributed by atoms with Crippen LogP contribution in [-0.4, -0.2) is 10.5 Å². The van der Waals surface area contributed by atoms with Gasteiger partial charge in [-0.1, -0.05) is 20.8 Å². The zero-order valence-corrected chi connectivity index (χ0v) is 16.0. The van der Waals surface area contributed by atoms with Crippen LogP contribution in [0.5, 0.6) is 0 Å². The van der Waals surface area contributed by atoms with E-state index in [-0.39, 0.29) is 5.41 Å². The topological polar surface area (TPSA) is 34.4 Å². The van der Waals surface area contributed by atoms with Crippen LogP contribution in [0.25, 0.3) is 0 Å². The molecular weight excluding hydrogens is 368 g/mol. The Labute approximate surface area is 153 Å². The van der Waals surface area contributed by atoms with Crippen LogP contribution in [0.3, 0.4) is 0 Å². The van der Waals surface area contributed by atoms with Gasteiger partial charge in [0.2, 0.25) is 0 Å². The lowest BCUT2D eigenvalue weighted by molar-refractivity contribution is -0.137. The van der Waals surface area contributed by atoms with E-state index in [2.05, 4.69) is 4.99 Å². The Morgan fingerprint density at radius 3 is 2.35 bits per heavy atom. The van der Waals surface area contributed by atoms with Gasteiger partial charge < -0.3 is 4.57 Å². The average molecular weight is 388 g/mol. The smallest absolute Gasteiger partial charge is 0.321 e. The highest BCUT2D eigenvalue weighted by molar-refractivity contribution is 7.09. The van der Waals surface area contributed by atoms with Gasteiger partial charge in [-0.3, -0.25) is 4.79 Å². The van der Waals surface area contributed by atoms with Crippen molar-refractivity contribution in [3.63, 3.8) is 0 Å². The van der Waals surface area contributed by atoms with E-state index < -0.39 is 29.0 Å². The van der Waals surface area contributed by atoms with Crippen LogP contribution in [0.4, 0.5) is 17.6 Å². The van der Waals surface area contributed by atoms with Crippen LogP contribution < -0.4 is 4.80 Å². The van der Waals surface area contributed by atoms with Crippen molar-refractivity contribution in [2.24, 2.45) is 4.99 Å². The highest BCUT2D eigenvalue weighted by atomic mass is 32.1. The van der Waals surface area contributed by atoms with E-state index in [9.17, 15) is 22.4 Å². The van der Waals surface area contributed by atoms with Gasteiger partial charge in [-0.05, 0) is 37.5 Å².